The lowest BCUT2D eigenvalue weighted by Gasteiger charge is -2.01. The first kappa shape index (κ1) is 15.3. The number of unbranched alkanes of at least 4 members (excludes halogenated alkanes) is 1. The first-order valence-electron chi connectivity index (χ1n) is 6.58. The van der Waals surface area contributed by atoms with E-state index in [9.17, 15) is 13.2 Å². The highest BCUT2D eigenvalue weighted by Gasteiger charge is 2.22. The average Bonchev–Trinajstić information content (AvgIpc) is 3.08. The summed E-state index contributed by atoms with van der Waals surface area (Å²) in [5.41, 5.74) is 0.583. The summed E-state index contributed by atoms with van der Waals surface area (Å²) < 4.78 is 30.6. The van der Waals surface area contributed by atoms with Crippen molar-refractivity contribution in [1.29, 1.82) is 0 Å². The van der Waals surface area contributed by atoms with Gasteiger partial charge in [0.1, 0.15) is 17.5 Å². The summed E-state index contributed by atoms with van der Waals surface area (Å²) in [6.07, 6.45) is 5.46. The summed E-state index contributed by atoms with van der Waals surface area (Å²) in [7, 11) is -3.78. The van der Waals surface area contributed by atoms with Gasteiger partial charge in [-0.2, -0.15) is 0 Å². The minimum atomic E-state index is -3.78. The van der Waals surface area contributed by atoms with Crippen molar-refractivity contribution in [3.63, 3.8) is 0 Å². The van der Waals surface area contributed by atoms with E-state index in [0.29, 0.717) is 12.2 Å². The Labute approximate surface area is 123 Å². The Hall–Kier alpha value is -2.09. The van der Waals surface area contributed by atoms with Crippen molar-refractivity contribution < 1.29 is 17.6 Å². The van der Waals surface area contributed by atoms with Crippen LogP contribution in [0.25, 0.3) is 0 Å². The zero-order chi connectivity index (χ0) is 15.5. The second-order valence-electron chi connectivity index (χ2n) is 4.61. The number of carbonyl (C=O) groups is 1. The molecule has 0 atom stereocenters. The molecule has 0 aliphatic rings. The van der Waals surface area contributed by atoms with Crippen molar-refractivity contribution >= 4 is 15.9 Å². The number of carbonyl (C=O) groups excluding carboxylic acids is 1. The van der Waals surface area contributed by atoms with Crippen LogP contribution < -0.4 is 5.32 Å². The predicted molar refractivity (Wildman–Crippen MR) is 75.5 cm³/mol. The van der Waals surface area contributed by atoms with Gasteiger partial charge in [0.2, 0.25) is 0 Å². The van der Waals surface area contributed by atoms with Crippen molar-refractivity contribution in [3.05, 3.63) is 36.3 Å². The minimum Gasteiger partial charge on any atom is -0.458 e. The maximum atomic E-state index is 12.3. The zero-order valence-corrected chi connectivity index (χ0v) is 12.7. The standard InChI is InChI=1S/C13H17N3O4S/c1-3-4-5-14-13(17)12-6-11(8-20-12)21(18,19)16-7-10(2)15-9-16/h6-9H,3-5H2,1-2H3,(H,14,17). The summed E-state index contributed by atoms with van der Waals surface area (Å²) in [4.78, 5) is 15.6. The lowest BCUT2D eigenvalue weighted by atomic mass is 10.3. The first-order chi connectivity index (χ1) is 9.95. The van der Waals surface area contributed by atoms with E-state index in [2.05, 4.69) is 10.3 Å². The molecule has 2 aromatic rings. The van der Waals surface area contributed by atoms with E-state index in [1.165, 1.54) is 18.6 Å². The van der Waals surface area contributed by atoms with Crippen LogP contribution in [-0.4, -0.2) is 29.8 Å². The fourth-order valence-corrected chi connectivity index (χ4v) is 2.82. The van der Waals surface area contributed by atoms with Crippen molar-refractivity contribution in [2.24, 2.45) is 0 Å². The smallest absolute Gasteiger partial charge is 0.287 e. The molecule has 7 nitrogen and oxygen atoms in total. The topological polar surface area (TPSA) is 94.2 Å². The summed E-state index contributed by atoms with van der Waals surface area (Å²) in [6, 6.07) is 1.21. The molecule has 2 aromatic heterocycles. The Morgan fingerprint density at radius 2 is 2.24 bits per heavy atom. The fourth-order valence-electron chi connectivity index (χ4n) is 1.69. The van der Waals surface area contributed by atoms with Gasteiger partial charge < -0.3 is 9.73 Å². The molecule has 0 spiro atoms. The third-order valence-corrected chi connectivity index (χ3v) is 4.44. The number of hydrogen-bond donors (Lipinski definition) is 1. The van der Waals surface area contributed by atoms with Gasteiger partial charge in [-0.15, -0.1) is 0 Å². The molecule has 0 saturated carbocycles. The molecule has 1 N–H and O–H groups in total. The van der Waals surface area contributed by atoms with Gasteiger partial charge in [-0.1, -0.05) is 13.3 Å². The van der Waals surface area contributed by atoms with Crippen LogP contribution in [0.5, 0.6) is 0 Å². The Morgan fingerprint density at radius 1 is 1.48 bits per heavy atom. The molecule has 1 amide bonds. The molecule has 0 aromatic carbocycles. The van der Waals surface area contributed by atoms with Crippen LogP contribution >= 0.6 is 0 Å². The molecule has 2 heterocycles. The Morgan fingerprint density at radius 3 is 2.86 bits per heavy atom. The molecule has 114 valence electrons. The Kier molecular flexibility index (Phi) is 4.46. The number of rotatable bonds is 6. The normalized spacial score (nSPS) is 11.5. The third kappa shape index (κ3) is 3.33. The predicted octanol–water partition coefficient (Wildman–Crippen LogP) is 1.55. The summed E-state index contributed by atoms with van der Waals surface area (Å²) >= 11 is 0. The lowest BCUT2D eigenvalue weighted by molar-refractivity contribution is 0.0925. The summed E-state index contributed by atoms with van der Waals surface area (Å²) in [5, 5.41) is 2.66. The molecule has 0 saturated heterocycles. The minimum absolute atomic E-state index is 0.0264. The van der Waals surface area contributed by atoms with E-state index in [-0.39, 0.29) is 10.7 Å². The van der Waals surface area contributed by atoms with Crippen LogP contribution in [0.4, 0.5) is 0 Å². The van der Waals surface area contributed by atoms with Gasteiger partial charge in [0.05, 0.1) is 5.69 Å². The lowest BCUT2D eigenvalue weighted by Crippen LogP contribution is -2.23. The van der Waals surface area contributed by atoms with Gasteiger partial charge in [-0.25, -0.2) is 17.4 Å². The number of furan rings is 1. The highest BCUT2D eigenvalue weighted by molar-refractivity contribution is 7.90. The number of hydrogen-bond acceptors (Lipinski definition) is 5. The van der Waals surface area contributed by atoms with E-state index in [1.807, 2.05) is 6.92 Å². The van der Waals surface area contributed by atoms with Crippen LogP contribution in [-0.2, 0) is 10.0 Å². The highest BCUT2D eigenvalue weighted by atomic mass is 32.2. The quantitative estimate of drug-likeness (QED) is 0.817. The van der Waals surface area contributed by atoms with E-state index < -0.39 is 15.9 Å². The van der Waals surface area contributed by atoms with Gasteiger partial charge >= 0.3 is 0 Å². The molecule has 0 unspecified atom stereocenters. The maximum absolute atomic E-state index is 12.3. The second-order valence-corrected chi connectivity index (χ2v) is 6.45. The van der Waals surface area contributed by atoms with Crippen LogP contribution in [0.15, 0.2) is 34.2 Å². The van der Waals surface area contributed by atoms with Crippen molar-refractivity contribution in [1.82, 2.24) is 14.3 Å². The van der Waals surface area contributed by atoms with Gasteiger partial charge in [0.25, 0.3) is 15.9 Å². The molecule has 8 heteroatoms. The van der Waals surface area contributed by atoms with E-state index in [4.69, 9.17) is 4.42 Å². The number of nitrogens with zero attached hydrogens (tertiary/aromatic N) is 2. The summed E-state index contributed by atoms with van der Waals surface area (Å²) in [5.74, 6) is -0.451. The van der Waals surface area contributed by atoms with E-state index >= 15 is 0 Å². The zero-order valence-electron chi connectivity index (χ0n) is 11.9. The monoisotopic (exact) mass is 311 g/mol. The maximum Gasteiger partial charge on any atom is 0.287 e. The SMILES string of the molecule is CCCCNC(=O)c1cc(S(=O)(=O)n2cnc(C)c2)co1. The average molecular weight is 311 g/mol. The first-order valence-corrected chi connectivity index (χ1v) is 8.02. The van der Waals surface area contributed by atoms with E-state index in [0.717, 1.165) is 23.1 Å². The highest BCUT2D eigenvalue weighted by Crippen LogP contribution is 2.17. The van der Waals surface area contributed by atoms with Crippen LogP contribution in [0.2, 0.25) is 0 Å². The van der Waals surface area contributed by atoms with E-state index in [1.54, 1.807) is 6.92 Å². The molecule has 0 aliphatic carbocycles. The van der Waals surface area contributed by atoms with Crippen LogP contribution in [0.3, 0.4) is 0 Å². The van der Waals surface area contributed by atoms with Gasteiger partial charge in [-0.3, -0.25) is 4.79 Å². The molecule has 0 bridgehead atoms. The largest absolute Gasteiger partial charge is 0.458 e. The van der Waals surface area contributed by atoms with Gasteiger partial charge in [0.15, 0.2) is 5.76 Å². The third-order valence-electron chi connectivity index (χ3n) is 2.88. The number of aryl methyl sites for hydroxylation is 1. The molecule has 0 aliphatic heterocycles. The van der Waals surface area contributed by atoms with Crippen molar-refractivity contribution in [2.45, 2.75) is 31.6 Å². The summed E-state index contributed by atoms with van der Waals surface area (Å²) in [6.45, 7) is 4.23. The number of aromatic nitrogens is 2. The molecule has 0 fully saturated rings. The molecule has 2 rings (SSSR count). The molecule has 21 heavy (non-hydrogen) atoms. The Bertz CT molecular complexity index is 730. The van der Waals surface area contributed by atoms with Crippen LogP contribution in [0, 0.1) is 6.92 Å². The van der Waals surface area contributed by atoms with Crippen LogP contribution in [0.1, 0.15) is 36.0 Å². The Balaban J connectivity index is 2.18. The second kappa shape index (κ2) is 6.13. The molecular weight excluding hydrogens is 294 g/mol. The number of imidazole rings is 1. The molecule has 0 radical (unpaired) electrons. The number of nitrogens with one attached hydrogen (secondary N) is 1. The van der Waals surface area contributed by atoms with Gasteiger partial charge in [0, 0.05) is 18.8 Å². The van der Waals surface area contributed by atoms with Crippen molar-refractivity contribution in [3.8, 4) is 0 Å². The fraction of sp³-hybridized carbons (Fsp3) is 0.385. The van der Waals surface area contributed by atoms with Gasteiger partial charge in [-0.05, 0) is 13.3 Å². The number of amides is 1. The van der Waals surface area contributed by atoms with Crippen molar-refractivity contribution in [2.75, 3.05) is 6.54 Å². The molecular formula is C13H17N3O4S.